The number of rotatable bonds is 3. The van der Waals surface area contributed by atoms with Gasteiger partial charge in [-0.05, 0) is 12.1 Å². The fraction of sp³-hybridized carbons (Fsp3) is 0.200. The van der Waals surface area contributed by atoms with Crippen molar-refractivity contribution in [2.45, 2.75) is 0 Å². The lowest BCUT2D eigenvalue weighted by atomic mass is 10.1. The van der Waals surface area contributed by atoms with Crippen LogP contribution in [0.1, 0.15) is 15.9 Å². The Morgan fingerprint density at radius 2 is 1.93 bits per heavy atom. The highest BCUT2D eigenvalue weighted by Crippen LogP contribution is 2.33. The molecule has 0 atom stereocenters. The third-order valence-electron chi connectivity index (χ3n) is 1.80. The van der Waals surface area contributed by atoms with Gasteiger partial charge in [0.05, 0.1) is 25.3 Å². The lowest BCUT2D eigenvalue weighted by Crippen LogP contribution is -1.97. The maximum atomic E-state index is 10.6. The molecule has 0 spiro atoms. The number of ether oxygens (including phenoxy) is 2. The Morgan fingerprint density at radius 1 is 1.29 bits per heavy atom. The van der Waals surface area contributed by atoms with Gasteiger partial charge in [-0.2, -0.15) is 5.26 Å². The SMILES string of the molecule is COc1c(C#N)ccc(C=O)c1OC. The molecule has 72 valence electrons. The largest absolute Gasteiger partial charge is 0.492 e. The number of hydrogen-bond donors (Lipinski definition) is 0. The molecule has 14 heavy (non-hydrogen) atoms. The summed E-state index contributed by atoms with van der Waals surface area (Å²) in [5, 5.41) is 8.76. The second-order valence-corrected chi connectivity index (χ2v) is 2.50. The van der Waals surface area contributed by atoms with E-state index in [1.807, 2.05) is 6.07 Å². The van der Waals surface area contributed by atoms with Gasteiger partial charge in [0, 0.05) is 0 Å². The van der Waals surface area contributed by atoms with Crippen LogP contribution in [-0.2, 0) is 0 Å². The van der Waals surface area contributed by atoms with Crippen molar-refractivity contribution in [3.63, 3.8) is 0 Å². The zero-order chi connectivity index (χ0) is 10.6. The Labute approximate surface area is 81.7 Å². The molecule has 0 amide bonds. The van der Waals surface area contributed by atoms with E-state index in [9.17, 15) is 4.79 Å². The summed E-state index contributed by atoms with van der Waals surface area (Å²) in [6.07, 6.45) is 0.655. The third-order valence-corrected chi connectivity index (χ3v) is 1.80. The molecule has 1 aromatic carbocycles. The first-order valence-electron chi connectivity index (χ1n) is 3.88. The van der Waals surface area contributed by atoms with Crippen LogP contribution >= 0.6 is 0 Å². The molecule has 1 rings (SSSR count). The Bertz CT molecular complexity index is 393. The monoisotopic (exact) mass is 191 g/mol. The van der Waals surface area contributed by atoms with Crippen LogP contribution in [-0.4, -0.2) is 20.5 Å². The van der Waals surface area contributed by atoms with Crippen LogP contribution < -0.4 is 9.47 Å². The number of benzene rings is 1. The first kappa shape index (κ1) is 10.1. The minimum atomic E-state index is 0.291. The molecule has 0 radical (unpaired) electrons. The highest BCUT2D eigenvalue weighted by molar-refractivity contribution is 5.82. The molecule has 0 aliphatic carbocycles. The predicted molar refractivity (Wildman–Crippen MR) is 49.6 cm³/mol. The van der Waals surface area contributed by atoms with Crippen LogP contribution in [0, 0.1) is 11.3 Å². The van der Waals surface area contributed by atoms with Gasteiger partial charge >= 0.3 is 0 Å². The van der Waals surface area contributed by atoms with Crippen LogP contribution in [0.25, 0.3) is 0 Å². The molecule has 0 aromatic heterocycles. The smallest absolute Gasteiger partial charge is 0.179 e. The molecule has 0 aliphatic rings. The molecule has 0 fully saturated rings. The first-order chi connectivity index (χ1) is 6.78. The van der Waals surface area contributed by atoms with E-state index in [4.69, 9.17) is 14.7 Å². The van der Waals surface area contributed by atoms with Crippen molar-refractivity contribution in [2.24, 2.45) is 0 Å². The topological polar surface area (TPSA) is 59.3 Å². The van der Waals surface area contributed by atoms with Crippen LogP contribution in [0.15, 0.2) is 12.1 Å². The van der Waals surface area contributed by atoms with E-state index in [0.29, 0.717) is 28.9 Å². The Kier molecular flexibility index (Phi) is 3.08. The van der Waals surface area contributed by atoms with E-state index >= 15 is 0 Å². The lowest BCUT2D eigenvalue weighted by molar-refractivity contribution is 0.112. The normalized spacial score (nSPS) is 8.93. The second-order valence-electron chi connectivity index (χ2n) is 2.50. The van der Waals surface area contributed by atoms with Crippen molar-refractivity contribution in [3.8, 4) is 17.6 Å². The number of nitrogens with zero attached hydrogens (tertiary/aromatic N) is 1. The van der Waals surface area contributed by atoms with Gasteiger partial charge in [0.25, 0.3) is 0 Å². The summed E-state index contributed by atoms with van der Waals surface area (Å²) in [6.45, 7) is 0. The van der Waals surface area contributed by atoms with Crippen LogP contribution in [0.2, 0.25) is 0 Å². The van der Waals surface area contributed by atoms with Crippen LogP contribution in [0.5, 0.6) is 11.5 Å². The standard InChI is InChI=1S/C10H9NO3/c1-13-9-7(5-11)3-4-8(6-12)10(9)14-2/h3-4,6H,1-2H3. The highest BCUT2D eigenvalue weighted by atomic mass is 16.5. The summed E-state index contributed by atoms with van der Waals surface area (Å²) in [5.74, 6) is 0.584. The number of nitriles is 1. The molecule has 0 aliphatic heterocycles. The van der Waals surface area contributed by atoms with E-state index in [2.05, 4.69) is 0 Å². The summed E-state index contributed by atoms with van der Waals surface area (Å²) in [7, 11) is 2.85. The number of carbonyl (C=O) groups excluding carboxylic acids is 1. The fourth-order valence-electron chi connectivity index (χ4n) is 1.17. The minimum absolute atomic E-state index is 0.291. The summed E-state index contributed by atoms with van der Waals surface area (Å²) < 4.78 is 9.99. The van der Waals surface area contributed by atoms with E-state index in [1.165, 1.54) is 26.4 Å². The Morgan fingerprint density at radius 3 is 2.36 bits per heavy atom. The Hall–Kier alpha value is -2.02. The van der Waals surface area contributed by atoms with Crippen molar-refractivity contribution in [1.82, 2.24) is 0 Å². The first-order valence-corrected chi connectivity index (χ1v) is 3.88. The number of methoxy groups -OCH3 is 2. The van der Waals surface area contributed by atoms with Gasteiger partial charge in [-0.1, -0.05) is 0 Å². The van der Waals surface area contributed by atoms with E-state index in [0.717, 1.165) is 0 Å². The molecular weight excluding hydrogens is 182 g/mol. The molecule has 0 bridgehead atoms. The van der Waals surface area contributed by atoms with Crippen molar-refractivity contribution in [1.29, 1.82) is 5.26 Å². The van der Waals surface area contributed by atoms with Crippen molar-refractivity contribution < 1.29 is 14.3 Å². The van der Waals surface area contributed by atoms with E-state index in [1.54, 1.807) is 0 Å². The zero-order valence-corrected chi connectivity index (χ0v) is 7.90. The van der Waals surface area contributed by atoms with Gasteiger partial charge in [-0.15, -0.1) is 0 Å². The summed E-state index contributed by atoms with van der Waals surface area (Å²) >= 11 is 0. The molecule has 1 aromatic rings. The molecule has 0 heterocycles. The maximum absolute atomic E-state index is 10.6. The van der Waals surface area contributed by atoms with Gasteiger partial charge in [0.1, 0.15) is 6.07 Å². The molecule has 0 saturated heterocycles. The van der Waals surface area contributed by atoms with Gasteiger partial charge in [-0.3, -0.25) is 4.79 Å². The highest BCUT2D eigenvalue weighted by Gasteiger charge is 2.13. The fourth-order valence-corrected chi connectivity index (χ4v) is 1.17. The summed E-state index contributed by atoms with van der Waals surface area (Å²) in [6, 6.07) is 4.99. The zero-order valence-electron chi connectivity index (χ0n) is 7.90. The van der Waals surface area contributed by atoms with Crippen molar-refractivity contribution in [2.75, 3.05) is 14.2 Å². The molecule has 4 heteroatoms. The molecule has 4 nitrogen and oxygen atoms in total. The van der Waals surface area contributed by atoms with Gasteiger partial charge in [0.2, 0.25) is 0 Å². The molecular formula is C10H9NO3. The molecule has 0 unspecified atom stereocenters. The van der Waals surface area contributed by atoms with Gasteiger partial charge in [0.15, 0.2) is 17.8 Å². The number of aldehydes is 1. The summed E-state index contributed by atoms with van der Waals surface area (Å²) in [4.78, 5) is 10.6. The van der Waals surface area contributed by atoms with Crippen molar-refractivity contribution in [3.05, 3.63) is 23.3 Å². The lowest BCUT2D eigenvalue weighted by Gasteiger charge is -2.10. The average Bonchev–Trinajstić information content (AvgIpc) is 2.26. The number of hydrogen-bond acceptors (Lipinski definition) is 4. The third kappa shape index (κ3) is 1.52. The maximum Gasteiger partial charge on any atom is 0.179 e. The second kappa shape index (κ2) is 4.28. The van der Waals surface area contributed by atoms with Crippen LogP contribution in [0.3, 0.4) is 0 Å². The quantitative estimate of drug-likeness (QED) is 0.677. The van der Waals surface area contributed by atoms with Crippen molar-refractivity contribution >= 4 is 6.29 Å². The molecule has 0 saturated carbocycles. The van der Waals surface area contributed by atoms with Crippen LogP contribution in [0.4, 0.5) is 0 Å². The van der Waals surface area contributed by atoms with E-state index in [-0.39, 0.29) is 0 Å². The minimum Gasteiger partial charge on any atom is -0.492 e. The Balaban J connectivity index is 3.45. The van der Waals surface area contributed by atoms with E-state index < -0.39 is 0 Å². The average molecular weight is 191 g/mol. The molecule has 0 N–H and O–H groups in total. The summed E-state index contributed by atoms with van der Waals surface area (Å²) in [5.41, 5.74) is 0.707. The predicted octanol–water partition coefficient (Wildman–Crippen LogP) is 1.39. The van der Waals surface area contributed by atoms with Gasteiger partial charge < -0.3 is 9.47 Å². The number of carbonyl (C=O) groups is 1. The van der Waals surface area contributed by atoms with Gasteiger partial charge in [-0.25, -0.2) is 0 Å².